The van der Waals surface area contributed by atoms with Gasteiger partial charge in [-0.15, -0.1) is 0 Å². The Labute approximate surface area is 54.6 Å². The topological polar surface area (TPSA) is 69.1 Å². The van der Waals surface area contributed by atoms with Gasteiger partial charge in [0.2, 0.25) is 0 Å². The molecule has 50 valence electrons. The van der Waals surface area contributed by atoms with E-state index in [9.17, 15) is 4.21 Å². The van der Waals surface area contributed by atoms with Gasteiger partial charge < -0.3 is 4.52 Å². The van der Waals surface area contributed by atoms with Crippen LogP contribution in [-0.4, -0.2) is 9.37 Å². The minimum Gasteiger partial charge on any atom is -0.360 e. The number of aromatic nitrogens is 1. The van der Waals surface area contributed by atoms with Crippen molar-refractivity contribution in [3.63, 3.8) is 0 Å². The van der Waals surface area contributed by atoms with Gasteiger partial charge >= 0.3 is 0 Å². The maximum atomic E-state index is 10.4. The number of nitrogens with two attached hydrogens (primary N) is 1. The lowest BCUT2D eigenvalue weighted by Gasteiger charge is -1.78. The van der Waals surface area contributed by atoms with Crippen molar-refractivity contribution < 1.29 is 8.73 Å². The zero-order chi connectivity index (χ0) is 6.85. The lowest BCUT2D eigenvalue weighted by Crippen LogP contribution is -2.02. The minimum absolute atomic E-state index is 0.285. The van der Waals surface area contributed by atoms with E-state index in [1.54, 1.807) is 6.92 Å². The van der Waals surface area contributed by atoms with E-state index in [4.69, 9.17) is 5.14 Å². The molecule has 0 aliphatic rings. The van der Waals surface area contributed by atoms with Crippen molar-refractivity contribution in [2.24, 2.45) is 5.14 Å². The van der Waals surface area contributed by atoms with Gasteiger partial charge in [0.15, 0.2) is 5.03 Å². The summed E-state index contributed by atoms with van der Waals surface area (Å²) in [7, 11) is -1.51. The standard InChI is InChI=1S/C4H6N2O2S/c1-3-2-4(6-8-3)9(5)7/h2H,5H2,1H3. The van der Waals surface area contributed by atoms with Crippen molar-refractivity contribution in [2.75, 3.05) is 0 Å². The van der Waals surface area contributed by atoms with Gasteiger partial charge in [-0.2, -0.15) is 0 Å². The Morgan fingerprint density at radius 3 is 2.78 bits per heavy atom. The molecule has 1 rings (SSSR count). The fourth-order valence-corrected chi connectivity index (χ4v) is 0.831. The third-order valence-corrected chi connectivity index (χ3v) is 1.42. The van der Waals surface area contributed by atoms with Crippen LogP contribution in [0.15, 0.2) is 15.6 Å². The van der Waals surface area contributed by atoms with Crippen molar-refractivity contribution >= 4 is 11.0 Å². The van der Waals surface area contributed by atoms with Crippen LogP contribution >= 0.6 is 0 Å². The molecule has 1 heterocycles. The fourth-order valence-electron chi connectivity index (χ4n) is 0.438. The van der Waals surface area contributed by atoms with Crippen molar-refractivity contribution in [2.45, 2.75) is 11.9 Å². The predicted octanol–water partition coefficient (Wildman–Crippen LogP) is -0.0357. The molecular weight excluding hydrogens is 140 g/mol. The second-order valence-electron chi connectivity index (χ2n) is 1.57. The van der Waals surface area contributed by atoms with Crippen LogP contribution in [0.5, 0.6) is 0 Å². The zero-order valence-electron chi connectivity index (χ0n) is 4.83. The predicted molar refractivity (Wildman–Crippen MR) is 31.8 cm³/mol. The Hall–Kier alpha value is -0.680. The molecule has 0 radical (unpaired) electrons. The molecule has 0 saturated heterocycles. The SMILES string of the molecule is Cc1cc(S(N)=O)no1. The summed E-state index contributed by atoms with van der Waals surface area (Å²) in [6.45, 7) is 1.71. The summed E-state index contributed by atoms with van der Waals surface area (Å²) in [6.07, 6.45) is 0. The summed E-state index contributed by atoms with van der Waals surface area (Å²) >= 11 is 0. The molecule has 0 amide bonds. The van der Waals surface area contributed by atoms with Gasteiger partial charge in [0.1, 0.15) is 16.7 Å². The van der Waals surface area contributed by atoms with Crippen LogP contribution in [0.3, 0.4) is 0 Å². The van der Waals surface area contributed by atoms with Crippen LogP contribution in [0.1, 0.15) is 5.76 Å². The van der Waals surface area contributed by atoms with Crippen molar-refractivity contribution in [3.05, 3.63) is 11.8 Å². The number of nitrogens with zero attached hydrogens (tertiary/aromatic N) is 1. The average Bonchev–Trinajstić information content (AvgIpc) is 2.14. The first-order chi connectivity index (χ1) is 4.20. The van der Waals surface area contributed by atoms with Crippen LogP contribution in [0, 0.1) is 6.92 Å². The van der Waals surface area contributed by atoms with Gasteiger partial charge in [0.25, 0.3) is 0 Å². The maximum absolute atomic E-state index is 10.4. The highest BCUT2D eigenvalue weighted by atomic mass is 32.2. The highest BCUT2D eigenvalue weighted by Crippen LogP contribution is 2.02. The van der Waals surface area contributed by atoms with Crippen LogP contribution < -0.4 is 5.14 Å². The molecule has 9 heavy (non-hydrogen) atoms. The molecule has 0 fully saturated rings. The van der Waals surface area contributed by atoms with E-state index in [2.05, 4.69) is 9.68 Å². The van der Waals surface area contributed by atoms with Gasteiger partial charge in [-0.25, -0.2) is 9.35 Å². The first-order valence-corrected chi connectivity index (χ1v) is 3.51. The Morgan fingerprint density at radius 1 is 1.89 bits per heavy atom. The Morgan fingerprint density at radius 2 is 2.56 bits per heavy atom. The van der Waals surface area contributed by atoms with E-state index < -0.39 is 11.0 Å². The van der Waals surface area contributed by atoms with E-state index in [1.807, 2.05) is 0 Å². The molecule has 1 atom stereocenters. The number of hydrogen-bond acceptors (Lipinski definition) is 3. The summed E-state index contributed by atoms with van der Waals surface area (Å²) in [5.41, 5.74) is 0. The molecular formula is C4H6N2O2S. The normalized spacial score (nSPS) is 13.6. The van der Waals surface area contributed by atoms with Gasteiger partial charge in [0.05, 0.1) is 0 Å². The summed E-state index contributed by atoms with van der Waals surface area (Å²) in [4.78, 5) is 0. The van der Waals surface area contributed by atoms with E-state index in [1.165, 1.54) is 6.07 Å². The first kappa shape index (κ1) is 6.44. The van der Waals surface area contributed by atoms with Gasteiger partial charge in [-0.3, -0.25) is 0 Å². The second-order valence-corrected chi connectivity index (χ2v) is 2.59. The molecule has 2 N–H and O–H groups in total. The molecule has 0 aliphatic carbocycles. The lowest BCUT2D eigenvalue weighted by atomic mass is 10.5. The fraction of sp³-hybridized carbons (Fsp3) is 0.250. The molecule has 0 saturated carbocycles. The smallest absolute Gasteiger partial charge is 0.185 e. The number of hydrogen-bond donors (Lipinski definition) is 1. The second kappa shape index (κ2) is 2.28. The van der Waals surface area contributed by atoms with E-state index >= 15 is 0 Å². The van der Waals surface area contributed by atoms with E-state index in [0.29, 0.717) is 5.76 Å². The number of rotatable bonds is 1. The molecule has 1 aromatic rings. The molecule has 0 aromatic carbocycles. The quantitative estimate of drug-likeness (QED) is 0.604. The largest absolute Gasteiger partial charge is 0.360 e. The Bertz CT molecular complexity index is 232. The Balaban J connectivity index is 2.98. The number of aryl methyl sites for hydroxylation is 1. The van der Waals surface area contributed by atoms with Gasteiger partial charge in [-0.1, -0.05) is 5.16 Å². The van der Waals surface area contributed by atoms with Gasteiger partial charge in [0, 0.05) is 6.07 Å². The molecule has 4 nitrogen and oxygen atoms in total. The average molecular weight is 146 g/mol. The highest BCUT2D eigenvalue weighted by molar-refractivity contribution is 7.82. The van der Waals surface area contributed by atoms with E-state index in [0.717, 1.165) is 0 Å². The highest BCUT2D eigenvalue weighted by Gasteiger charge is 2.02. The molecule has 0 aliphatic heterocycles. The lowest BCUT2D eigenvalue weighted by molar-refractivity contribution is 0.382. The first-order valence-electron chi connectivity index (χ1n) is 2.29. The third kappa shape index (κ3) is 1.36. The summed E-state index contributed by atoms with van der Waals surface area (Å²) in [5.74, 6) is 0.615. The minimum atomic E-state index is -1.51. The maximum Gasteiger partial charge on any atom is 0.185 e. The monoisotopic (exact) mass is 146 g/mol. The van der Waals surface area contributed by atoms with Crippen molar-refractivity contribution in [1.29, 1.82) is 0 Å². The Kier molecular flexibility index (Phi) is 1.63. The summed E-state index contributed by atoms with van der Waals surface area (Å²) in [5, 5.41) is 8.68. The summed E-state index contributed by atoms with van der Waals surface area (Å²) in [6, 6.07) is 1.54. The third-order valence-electron chi connectivity index (χ3n) is 0.812. The van der Waals surface area contributed by atoms with Crippen molar-refractivity contribution in [1.82, 2.24) is 5.16 Å². The molecule has 1 unspecified atom stereocenters. The van der Waals surface area contributed by atoms with E-state index in [-0.39, 0.29) is 5.03 Å². The summed E-state index contributed by atoms with van der Waals surface area (Å²) < 4.78 is 15.0. The van der Waals surface area contributed by atoms with Crippen LogP contribution in [0.2, 0.25) is 0 Å². The van der Waals surface area contributed by atoms with Crippen LogP contribution in [-0.2, 0) is 11.0 Å². The molecule has 1 aromatic heterocycles. The van der Waals surface area contributed by atoms with Crippen LogP contribution in [0.4, 0.5) is 0 Å². The molecule has 0 bridgehead atoms. The molecule has 5 heteroatoms. The zero-order valence-corrected chi connectivity index (χ0v) is 5.64. The van der Waals surface area contributed by atoms with Gasteiger partial charge in [-0.05, 0) is 6.92 Å². The van der Waals surface area contributed by atoms with Crippen LogP contribution in [0.25, 0.3) is 0 Å². The van der Waals surface area contributed by atoms with Crippen molar-refractivity contribution in [3.8, 4) is 0 Å². The molecule has 0 spiro atoms.